The van der Waals surface area contributed by atoms with Gasteiger partial charge in [-0.15, -0.1) is 0 Å². The quantitative estimate of drug-likeness (QED) is 0.493. The Morgan fingerprint density at radius 2 is 2.16 bits per heavy atom. The first-order valence-corrected chi connectivity index (χ1v) is 5.89. The molecule has 0 radical (unpaired) electrons. The zero-order chi connectivity index (χ0) is 14.1. The zero-order valence-electron chi connectivity index (χ0n) is 10.4. The van der Waals surface area contributed by atoms with Crippen LogP contribution < -0.4 is 21.1 Å². The molecule has 1 unspecified atom stereocenters. The standard InChI is InChI=1S/C12H18FN3O3/c13-10-3-1-2-4-11(10)19-8-9(17)7-15-5-6-16-12(14)18/h1-4,9,15,17H,5-8H2,(H3,14,16,18). The van der Waals surface area contributed by atoms with Crippen molar-refractivity contribution in [3.63, 3.8) is 0 Å². The number of nitrogens with one attached hydrogen (secondary N) is 2. The number of amides is 2. The molecular formula is C12H18FN3O3. The summed E-state index contributed by atoms with van der Waals surface area (Å²) in [5.74, 6) is -0.356. The van der Waals surface area contributed by atoms with Gasteiger partial charge < -0.3 is 26.2 Å². The molecule has 0 heterocycles. The topological polar surface area (TPSA) is 96.6 Å². The number of benzene rings is 1. The van der Waals surface area contributed by atoms with E-state index in [-0.39, 0.29) is 18.9 Å². The summed E-state index contributed by atoms with van der Waals surface area (Å²) in [5.41, 5.74) is 4.88. The average Bonchev–Trinajstić information content (AvgIpc) is 2.37. The highest BCUT2D eigenvalue weighted by Gasteiger charge is 2.07. The molecule has 0 fully saturated rings. The van der Waals surface area contributed by atoms with Crippen molar-refractivity contribution in [3.05, 3.63) is 30.1 Å². The number of nitrogens with two attached hydrogens (primary N) is 1. The van der Waals surface area contributed by atoms with E-state index in [0.29, 0.717) is 13.1 Å². The third-order valence-electron chi connectivity index (χ3n) is 2.25. The maximum Gasteiger partial charge on any atom is 0.312 e. The summed E-state index contributed by atoms with van der Waals surface area (Å²) in [6.45, 7) is 1.10. The van der Waals surface area contributed by atoms with Gasteiger partial charge in [-0.1, -0.05) is 12.1 Å². The first kappa shape index (κ1) is 15.2. The van der Waals surface area contributed by atoms with Crippen LogP contribution in [-0.4, -0.2) is 43.5 Å². The molecule has 106 valence electrons. The van der Waals surface area contributed by atoms with E-state index < -0.39 is 18.0 Å². The number of hydrogen-bond donors (Lipinski definition) is 4. The summed E-state index contributed by atoms with van der Waals surface area (Å²) in [7, 11) is 0. The van der Waals surface area contributed by atoms with Crippen molar-refractivity contribution in [2.75, 3.05) is 26.2 Å². The van der Waals surface area contributed by atoms with Crippen LogP contribution in [0, 0.1) is 5.82 Å². The van der Waals surface area contributed by atoms with Crippen molar-refractivity contribution in [1.82, 2.24) is 10.6 Å². The van der Waals surface area contributed by atoms with Crippen LogP contribution in [0.5, 0.6) is 5.75 Å². The minimum absolute atomic E-state index is 0.0167. The van der Waals surface area contributed by atoms with Gasteiger partial charge in [0.05, 0.1) is 0 Å². The fourth-order valence-electron chi connectivity index (χ4n) is 1.35. The van der Waals surface area contributed by atoms with E-state index in [4.69, 9.17) is 10.5 Å². The second-order valence-electron chi connectivity index (χ2n) is 3.89. The van der Waals surface area contributed by atoms with Gasteiger partial charge in [0.2, 0.25) is 0 Å². The molecule has 1 atom stereocenters. The van der Waals surface area contributed by atoms with Crippen molar-refractivity contribution in [2.45, 2.75) is 6.10 Å². The van der Waals surface area contributed by atoms with Gasteiger partial charge in [-0.05, 0) is 12.1 Å². The van der Waals surface area contributed by atoms with Gasteiger partial charge in [-0.2, -0.15) is 0 Å². The molecule has 6 nitrogen and oxygen atoms in total. The molecule has 0 aliphatic carbocycles. The van der Waals surface area contributed by atoms with Gasteiger partial charge in [-0.25, -0.2) is 9.18 Å². The number of aliphatic hydroxyl groups is 1. The van der Waals surface area contributed by atoms with Crippen LogP contribution in [0.25, 0.3) is 0 Å². The lowest BCUT2D eigenvalue weighted by molar-refractivity contribution is 0.104. The highest BCUT2D eigenvalue weighted by Crippen LogP contribution is 2.15. The molecule has 19 heavy (non-hydrogen) atoms. The SMILES string of the molecule is NC(=O)NCCNCC(O)COc1ccccc1F. The average molecular weight is 271 g/mol. The maximum absolute atomic E-state index is 13.2. The molecule has 1 aromatic rings. The second-order valence-corrected chi connectivity index (χ2v) is 3.89. The number of carbonyl (C=O) groups is 1. The van der Waals surface area contributed by atoms with Crippen LogP contribution in [0.1, 0.15) is 0 Å². The Kier molecular flexibility index (Phi) is 6.62. The summed E-state index contributed by atoms with van der Waals surface area (Å²) in [6, 6.07) is 5.40. The van der Waals surface area contributed by atoms with E-state index >= 15 is 0 Å². The number of aliphatic hydroxyl groups excluding tert-OH is 1. The molecule has 0 aromatic heterocycles. The molecule has 2 amide bonds. The fourth-order valence-corrected chi connectivity index (χ4v) is 1.35. The number of primary amides is 1. The number of urea groups is 1. The van der Waals surface area contributed by atoms with Crippen molar-refractivity contribution in [1.29, 1.82) is 0 Å². The third kappa shape index (κ3) is 6.58. The summed E-state index contributed by atoms with van der Waals surface area (Å²) in [4.78, 5) is 10.4. The first-order valence-electron chi connectivity index (χ1n) is 5.89. The van der Waals surface area contributed by atoms with E-state index in [2.05, 4.69) is 10.6 Å². The van der Waals surface area contributed by atoms with Gasteiger partial charge >= 0.3 is 6.03 Å². The molecule has 1 aromatic carbocycles. The minimum Gasteiger partial charge on any atom is -0.488 e. The van der Waals surface area contributed by atoms with Gasteiger partial charge in [0.1, 0.15) is 12.7 Å². The Bertz CT molecular complexity index is 404. The lowest BCUT2D eigenvalue weighted by atomic mass is 10.3. The van der Waals surface area contributed by atoms with Crippen LogP contribution in [0.4, 0.5) is 9.18 Å². The Balaban J connectivity index is 2.13. The summed E-state index contributed by atoms with van der Waals surface area (Å²) >= 11 is 0. The summed E-state index contributed by atoms with van der Waals surface area (Å²) in [6.07, 6.45) is -0.770. The second kappa shape index (κ2) is 8.28. The number of halogens is 1. The molecular weight excluding hydrogens is 253 g/mol. The van der Waals surface area contributed by atoms with E-state index in [1.54, 1.807) is 12.1 Å². The number of rotatable bonds is 8. The highest BCUT2D eigenvalue weighted by atomic mass is 19.1. The van der Waals surface area contributed by atoms with Crippen molar-refractivity contribution in [3.8, 4) is 5.75 Å². The fraction of sp³-hybridized carbons (Fsp3) is 0.417. The molecule has 0 spiro atoms. The highest BCUT2D eigenvalue weighted by molar-refractivity contribution is 5.71. The molecule has 0 aliphatic heterocycles. The molecule has 5 N–H and O–H groups in total. The Morgan fingerprint density at radius 1 is 1.42 bits per heavy atom. The molecule has 0 saturated carbocycles. The van der Waals surface area contributed by atoms with Crippen LogP contribution >= 0.6 is 0 Å². The normalized spacial score (nSPS) is 11.9. The molecule has 7 heteroatoms. The number of ether oxygens (including phenoxy) is 1. The molecule has 0 saturated heterocycles. The van der Waals surface area contributed by atoms with E-state index in [9.17, 15) is 14.3 Å². The third-order valence-corrected chi connectivity index (χ3v) is 2.25. The van der Waals surface area contributed by atoms with Crippen LogP contribution in [-0.2, 0) is 0 Å². The number of hydrogen-bond acceptors (Lipinski definition) is 4. The minimum atomic E-state index is -0.770. The van der Waals surface area contributed by atoms with Crippen molar-refractivity contribution >= 4 is 6.03 Å². The number of para-hydroxylation sites is 1. The predicted molar refractivity (Wildman–Crippen MR) is 68.4 cm³/mol. The summed E-state index contributed by atoms with van der Waals surface area (Å²) < 4.78 is 18.3. The molecule has 0 aliphatic rings. The lowest BCUT2D eigenvalue weighted by Gasteiger charge is -2.13. The van der Waals surface area contributed by atoms with Crippen LogP contribution in [0.3, 0.4) is 0 Å². The zero-order valence-corrected chi connectivity index (χ0v) is 10.4. The monoisotopic (exact) mass is 271 g/mol. The Labute approximate surface area is 110 Å². The van der Waals surface area contributed by atoms with Crippen LogP contribution in [0.2, 0.25) is 0 Å². The van der Waals surface area contributed by atoms with E-state index in [0.717, 1.165) is 0 Å². The maximum atomic E-state index is 13.2. The Morgan fingerprint density at radius 3 is 2.84 bits per heavy atom. The summed E-state index contributed by atoms with van der Waals surface area (Å²) in [5, 5.41) is 14.9. The molecule has 0 bridgehead atoms. The first-order chi connectivity index (χ1) is 9.09. The lowest BCUT2D eigenvalue weighted by Crippen LogP contribution is -2.38. The van der Waals surface area contributed by atoms with Gasteiger partial charge in [0.15, 0.2) is 11.6 Å². The smallest absolute Gasteiger partial charge is 0.312 e. The van der Waals surface area contributed by atoms with Gasteiger partial charge in [-0.3, -0.25) is 0 Å². The van der Waals surface area contributed by atoms with E-state index in [1.807, 2.05) is 0 Å². The molecule has 1 rings (SSSR count). The number of carbonyl (C=O) groups excluding carboxylic acids is 1. The van der Waals surface area contributed by atoms with Gasteiger partial charge in [0.25, 0.3) is 0 Å². The van der Waals surface area contributed by atoms with Crippen LogP contribution in [0.15, 0.2) is 24.3 Å². The van der Waals surface area contributed by atoms with E-state index in [1.165, 1.54) is 12.1 Å². The predicted octanol–water partition coefficient (Wildman–Crippen LogP) is -0.177. The van der Waals surface area contributed by atoms with Crippen molar-refractivity contribution in [2.24, 2.45) is 5.73 Å². The van der Waals surface area contributed by atoms with Crippen molar-refractivity contribution < 1.29 is 19.0 Å². The largest absolute Gasteiger partial charge is 0.488 e. The Hall–Kier alpha value is -1.86. The van der Waals surface area contributed by atoms with Gasteiger partial charge in [0, 0.05) is 19.6 Å².